The van der Waals surface area contributed by atoms with Crippen LogP contribution in [0.3, 0.4) is 0 Å². The van der Waals surface area contributed by atoms with Crippen LogP contribution in [0.1, 0.15) is 22.3 Å². The van der Waals surface area contributed by atoms with E-state index in [9.17, 15) is 9.59 Å². The van der Waals surface area contributed by atoms with Gasteiger partial charge < -0.3 is 10.2 Å². The number of carbonyl (C=O) groups is 2. The SMILES string of the molecule is O=C(O)Cc1cccc(CCc2ccccc2)c1CC(=O)O. The van der Waals surface area contributed by atoms with Crippen molar-refractivity contribution in [3.63, 3.8) is 0 Å². The number of rotatable bonds is 7. The van der Waals surface area contributed by atoms with Crippen molar-refractivity contribution in [3.8, 4) is 0 Å². The summed E-state index contributed by atoms with van der Waals surface area (Å²) in [5.41, 5.74) is 3.30. The molecule has 0 aromatic heterocycles. The first-order valence-electron chi connectivity index (χ1n) is 7.13. The van der Waals surface area contributed by atoms with Crippen LogP contribution in [0.4, 0.5) is 0 Å². The summed E-state index contributed by atoms with van der Waals surface area (Å²) in [6.45, 7) is 0. The van der Waals surface area contributed by atoms with Crippen molar-refractivity contribution >= 4 is 11.9 Å². The Morgan fingerprint density at radius 3 is 2.00 bits per heavy atom. The largest absolute Gasteiger partial charge is 0.481 e. The lowest BCUT2D eigenvalue weighted by atomic mass is 9.92. The van der Waals surface area contributed by atoms with Crippen molar-refractivity contribution in [2.45, 2.75) is 25.7 Å². The molecule has 0 bridgehead atoms. The van der Waals surface area contributed by atoms with Gasteiger partial charge in [0.15, 0.2) is 0 Å². The average molecular weight is 298 g/mol. The zero-order chi connectivity index (χ0) is 15.9. The summed E-state index contributed by atoms with van der Waals surface area (Å²) in [6, 6.07) is 15.3. The molecular weight excluding hydrogens is 280 g/mol. The zero-order valence-electron chi connectivity index (χ0n) is 12.2. The van der Waals surface area contributed by atoms with E-state index in [0.29, 0.717) is 17.5 Å². The van der Waals surface area contributed by atoms with Gasteiger partial charge in [0.1, 0.15) is 0 Å². The zero-order valence-corrected chi connectivity index (χ0v) is 12.2. The molecule has 2 aromatic rings. The van der Waals surface area contributed by atoms with Gasteiger partial charge >= 0.3 is 11.9 Å². The average Bonchev–Trinajstić information content (AvgIpc) is 2.48. The molecule has 0 heterocycles. The molecule has 0 fully saturated rings. The van der Waals surface area contributed by atoms with Crippen LogP contribution >= 0.6 is 0 Å². The van der Waals surface area contributed by atoms with E-state index in [1.165, 1.54) is 5.56 Å². The molecule has 114 valence electrons. The van der Waals surface area contributed by atoms with Crippen molar-refractivity contribution in [1.29, 1.82) is 0 Å². The van der Waals surface area contributed by atoms with Gasteiger partial charge in [-0.2, -0.15) is 0 Å². The van der Waals surface area contributed by atoms with Gasteiger partial charge in [0, 0.05) is 0 Å². The second-order valence-electron chi connectivity index (χ2n) is 5.18. The third-order valence-electron chi connectivity index (χ3n) is 3.57. The first kappa shape index (κ1) is 15.8. The van der Waals surface area contributed by atoms with Crippen molar-refractivity contribution in [3.05, 3.63) is 70.8 Å². The van der Waals surface area contributed by atoms with E-state index < -0.39 is 11.9 Å². The summed E-state index contributed by atoms with van der Waals surface area (Å²) in [4.78, 5) is 22.0. The smallest absolute Gasteiger partial charge is 0.307 e. The summed E-state index contributed by atoms with van der Waals surface area (Å²) in [7, 11) is 0. The van der Waals surface area contributed by atoms with Crippen molar-refractivity contribution in [2.75, 3.05) is 0 Å². The van der Waals surface area contributed by atoms with Gasteiger partial charge in [0.25, 0.3) is 0 Å². The highest BCUT2D eigenvalue weighted by atomic mass is 16.4. The number of benzene rings is 2. The van der Waals surface area contributed by atoms with E-state index in [1.54, 1.807) is 12.1 Å². The van der Waals surface area contributed by atoms with Gasteiger partial charge in [-0.05, 0) is 35.1 Å². The first-order chi connectivity index (χ1) is 10.6. The second-order valence-corrected chi connectivity index (χ2v) is 5.18. The minimum absolute atomic E-state index is 0.145. The number of aryl methyl sites for hydroxylation is 2. The molecule has 0 aliphatic rings. The molecule has 4 heteroatoms. The highest BCUT2D eigenvalue weighted by molar-refractivity contribution is 5.75. The summed E-state index contributed by atoms with van der Waals surface area (Å²) in [6.07, 6.45) is 1.19. The van der Waals surface area contributed by atoms with Crippen LogP contribution in [-0.4, -0.2) is 22.2 Å². The molecule has 0 amide bonds. The summed E-state index contributed by atoms with van der Waals surface area (Å²) >= 11 is 0. The maximum atomic E-state index is 11.1. The molecule has 0 spiro atoms. The van der Waals surface area contributed by atoms with Crippen molar-refractivity contribution < 1.29 is 19.8 Å². The van der Waals surface area contributed by atoms with E-state index in [1.807, 2.05) is 36.4 Å². The van der Waals surface area contributed by atoms with Gasteiger partial charge in [0.2, 0.25) is 0 Å². The number of carboxylic acids is 2. The monoisotopic (exact) mass is 298 g/mol. The lowest BCUT2D eigenvalue weighted by Gasteiger charge is -2.12. The fourth-order valence-corrected chi connectivity index (χ4v) is 2.55. The summed E-state index contributed by atoms with van der Waals surface area (Å²) in [5.74, 6) is -1.90. The molecule has 0 aliphatic carbocycles. The Labute approximate surface area is 129 Å². The predicted octanol–water partition coefficient (Wildman–Crippen LogP) is 2.73. The van der Waals surface area contributed by atoms with E-state index in [2.05, 4.69) is 0 Å². The Morgan fingerprint density at radius 1 is 0.727 bits per heavy atom. The third-order valence-corrected chi connectivity index (χ3v) is 3.57. The van der Waals surface area contributed by atoms with Crippen LogP contribution in [0.15, 0.2) is 48.5 Å². The minimum atomic E-state index is -0.952. The lowest BCUT2D eigenvalue weighted by molar-refractivity contribution is -0.137. The maximum absolute atomic E-state index is 11.1. The predicted molar refractivity (Wildman–Crippen MR) is 83.0 cm³/mol. The number of aliphatic carboxylic acids is 2. The fraction of sp³-hybridized carbons (Fsp3) is 0.222. The number of hydrogen-bond donors (Lipinski definition) is 2. The minimum Gasteiger partial charge on any atom is -0.481 e. The topological polar surface area (TPSA) is 74.6 Å². The van der Waals surface area contributed by atoms with Crippen LogP contribution in [0, 0.1) is 0 Å². The standard InChI is InChI=1S/C18H18O4/c19-17(20)11-15-8-4-7-14(16(15)12-18(21)22)10-9-13-5-2-1-3-6-13/h1-8H,9-12H2,(H,19,20)(H,21,22). The Balaban J connectivity index is 2.24. The summed E-state index contributed by atoms with van der Waals surface area (Å²) in [5, 5.41) is 18.1. The van der Waals surface area contributed by atoms with Crippen LogP contribution < -0.4 is 0 Å². The highest BCUT2D eigenvalue weighted by Gasteiger charge is 2.14. The van der Waals surface area contributed by atoms with Gasteiger partial charge in [-0.3, -0.25) is 9.59 Å². The Kier molecular flexibility index (Phi) is 5.31. The normalized spacial score (nSPS) is 10.4. The summed E-state index contributed by atoms with van der Waals surface area (Å²) < 4.78 is 0. The van der Waals surface area contributed by atoms with E-state index in [4.69, 9.17) is 10.2 Å². The van der Waals surface area contributed by atoms with Gasteiger partial charge in [0.05, 0.1) is 12.8 Å². The van der Waals surface area contributed by atoms with Crippen LogP contribution in [0.5, 0.6) is 0 Å². The molecule has 0 saturated carbocycles. The van der Waals surface area contributed by atoms with E-state index in [-0.39, 0.29) is 12.8 Å². The Hall–Kier alpha value is -2.62. The number of carboxylic acid groups (broad SMARTS) is 2. The van der Waals surface area contributed by atoms with Gasteiger partial charge in [-0.25, -0.2) is 0 Å². The highest BCUT2D eigenvalue weighted by Crippen LogP contribution is 2.19. The first-order valence-corrected chi connectivity index (χ1v) is 7.13. The molecule has 2 rings (SSSR count). The van der Waals surface area contributed by atoms with Gasteiger partial charge in [-0.1, -0.05) is 48.5 Å². The number of hydrogen-bond acceptors (Lipinski definition) is 2. The van der Waals surface area contributed by atoms with E-state index in [0.717, 1.165) is 12.0 Å². The molecular formula is C18H18O4. The molecule has 0 unspecified atom stereocenters. The van der Waals surface area contributed by atoms with Crippen molar-refractivity contribution in [1.82, 2.24) is 0 Å². The lowest BCUT2D eigenvalue weighted by Crippen LogP contribution is -2.11. The Morgan fingerprint density at radius 2 is 1.36 bits per heavy atom. The third kappa shape index (κ3) is 4.45. The molecule has 0 saturated heterocycles. The molecule has 4 nitrogen and oxygen atoms in total. The molecule has 0 radical (unpaired) electrons. The van der Waals surface area contributed by atoms with Gasteiger partial charge in [-0.15, -0.1) is 0 Å². The van der Waals surface area contributed by atoms with Crippen molar-refractivity contribution in [2.24, 2.45) is 0 Å². The van der Waals surface area contributed by atoms with E-state index >= 15 is 0 Å². The Bertz CT molecular complexity index is 662. The molecule has 0 atom stereocenters. The molecule has 22 heavy (non-hydrogen) atoms. The second kappa shape index (κ2) is 7.41. The molecule has 0 aliphatic heterocycles. The quantitative estimate of drug-likeness (QED) is 0.824. The van der Waals surface area contributed by atoms with Crippen LogP contribution in [-0.2, 0) is 35.3 Å². The van der Waals surface area contributed by atoms with Crippen LogP contribution in [0.2, 0.25) is 0 Å². The van der Waals surface area contributed by atoms with Crippen LogP contribution in [0.25, 0.3) is 0 Å². The molecule has 2 N–H and O–H groups in total. The molecule has 2 aromatic carbocycles. The fourth-order valence-electron chi connectivity index (χ4n) is 2.55. The maximum Gasteiger partial charge on any atom is 0.307 e.